The fraction of sp³-hybridized carbons (Fsp3) is 0.167. The molecule has 1 rings (SSSR count). The number of carbonyl (C=O) groups excluding carboxylic acids is 1. The van der Waals surface area contributed by atoms with Gasteiger partial charge in [0.1, 0.15) is 6.26 Å². The van der Waals surface area contributed by atoms with Crippen molar-refractivity contribution in [2.45, 2.75) is 6.92 Å². The molecule has 1 aliphatic heterocycles. The number of hydrogen-bond acceptors (Lipinski definition) is 4. The van der Waals surface area contributed by atoms with Crippen LogP contribution in [0.5, 0.6) is 0 Å². The summed E-state index contributed by atoms with van der Waals surface area (Å²) in [6.07, 6.45) is 6.26. The highest BCUT2D eigenvalue weighted by atomic mass is 17.0. The van der Waals surface area contributed by atoms with Crippen molar-refractivity contribution in [2.24, 2.45) is 0 Å². The molecule has 0 aromatic rings. The normalized spacial score (nSPS) is 14.7. The van der Waals surface area contributed by atoms with E-state index >= 15 is 0 Å². The van der Waals surface area contributed by atoms with Gasteiger partial charge in [0, 0.05) is 6.92 Å². The van der Waals surface area contributed by atoms with Gasteiger partial charge in [0.25, 0.3) is 0 Å². The third kappa shape index (κ3) is 1.81. The molecule has 4 heteroatoms. The molecule has 0 bridgehead atoms. The largest absolute Gasteiger partial charge is 0.354 e. The molecule has 0 fully saturated rings. The predicted molar refractivity (Wildman–Crippen MR) is 33.0 cm³/mol. The Morgan fingerprint density at radius 3 is 2.90 bits per heavy atom. The highest BCUT2D eigenvalue weighted by molar-refractivity contribution is 5.65. The molecule has 0 N–H and O–H groups in total. The van der Waals surface area contributed by atoms with Crippen molar-refractivity contribution in [3.8, 4) is 0 Å². The van der Waals surface area contributed by atoms with Crippen molar-refractivity contribution < 1.29 is 14.5 Å². The summed E-state index contributed by atoms with van der Waals surface area (Å²) in [6.45, 7) is 1.30. The Hall–Kier alpha value is -1.45. The Bertz CT molecular complexity index is 185. The average molecular weight is 141 g/mol. The van der Waals surface area contributed by atoms with Gasteiger partial charge in [0.15, 0.2) is 0 Å². The van der Waals surface area contributed by atoms with Crippen LogP contribution in [-0.4, -0.2) is 11.2 Å². The van der Waals surface area contributed by atoms with Crippen molar-refractivity contribution in [3.63, 3.8) is 0 Å². The molecule has 0 aromatic heterocycles. The molecule has 0 amide bonds. The third-order valence-corrected chi connectivity index (χ3v) is 0.781. The first-order valence-electron chi connectivity index (χ1n) is 2.77. The number of allylic oxidation sites excluding steroid dienone is 2. The van der Waals surface area contributed by atoms with Gasteiger partial charge in [-0.3, -0.25) is 0 Å². The van der Waals surface area contributed by atoms with Crippen molar-refractivity contribution >= 4 is 5.97 Å². The molecule has 0 aliphatic carbocycles. The topological polar surface area (TPSA) is 38.8 Å². The zero-order valence-electron chi connectivity index (χ0n) is 5.48. The first-order valence-corrected chi connectivity index (χ1v) is 2.77. The first-order chi connectivity index (χ1) is 4.79. The highest BCUT2D eigenvalue weighted by Gasteiger charge is 2.02. The van der Waals surface area contributed by atoms with E-state index < -0.39 is 5.97 Å². The highest BCUT2D eigenvalue weighted by Crippen LogP contribution is 2.00. The molecular formula is C6H7NO3. The van der Waals surface area contributed by atoms with E-state index in [2.05, 4.69) is 4.84 Å². The number of rotatable bonds is 1. The Labute approximate surface area is 58.2 Å². The fourth-order valence-electron chi connectivity index (χ4n) is 0.474. The van der Waals surface area contributed by atoms with Crippen LogP contribution in [-0.2, 0) is 14.5 Å². The lowest BCUT2D eigenvalue weighted by Crippen LogP contribution is -2.19. The molecule has 0 saturated heterocycles. The molecule has 0 unspecified atom stereocenters. The summed E-state index contributed by atoms with van der Waals surface area (Å²) < 4.78 is 0. The zero-order chi connectivity index (χ0) is 7.40. The maximum atomic E-state index is 10.3. The van der Waals surface area contributed by atoms with Crippen molar-refractivity contribution in [1.29, 1.82) is 0 Å². The molecular weight excluding hydrogens is 134 g/mol. The van der Waals surface area contributed by atoms with Crippen molar-refractivity contribution in [3.05, 3.63) is 24.6 Å². The standard InChI is InChI=1S/C6H7NO3/c1-6(8)10-7-4-2-3-5-9-7/h2-5H,1H3. The third-order valence-electron chi connectivity index (χ3n) is 0.781. The van der Waals surface area contributed by atoms with E-state index in [0.29, 0.717) is 0 Å². The van der Waals surface area contributed by atoms with Crippen LogP contribution in [0.2, 0.25) is 0 Å². The second kappa shape index (κ2) is 2.91. The molecule has 1 aliphatic rings. The van der Waals surface area contributed by atoms with E-state index in [0.717, 1.165) is 5.23 Å². The minimum atomic E-state index is -0.417. The Kier molecular flexibility index (Phi) is 1.94. The lowest BCUT2D eigenvalue weighted by atomic mass is 10.6. The Morgan fingerprint density at radius 1 is 1.60 bits per heavy atom. The summed E-state index contributed by atoms with van der Waals surface area (Å²) in [7, 11) is 0. The summed E-state index contributed by atoms with van der Waals surface area (Å²) in [6, 6.07) is 0. The molecule has 1 heterocycles. The van der Waals surface area contributed by atoms with Crippen LogP contribution in [0.1, 0.15) is 6.92 Å². The number of nitrogens with zero attached hydrogens (tertiary/aromatic N) is 1. The Balaban J connectivity index is 2.37. The van der Waals surface area contributed by atoms with E-state index in [9.17, 15) is 4.79 Å². The molecule has 0 spiro atoms. The SMILES string of the molecule is CC(=O)ON1C=CC=CO1. The van der Waals surface area contributed by atoms with Gasteiger partial charge in [-0.1, -0.05) is 0 Å². The molecule has 10 heavy (non-hydrogen) atoms. The van der Waals surface area contributed by atoms with Crippen molar-refractivity contribution in [2.75, 3.05) is 0 Å². The maximum Gasteiger partial charge on any atom is 0.333 e. The summed E-state index contributed by atoms with van der Waals surface area (Å²) in [4.78, 5) is 19.5. The lowest BCUT2D eigenvalue weighted by Gasteiger charge is -2.16. The molecule has 54 valence electrons. The smallest absolute Gasteiger partial charge is 0.333 e. The van der Waals surface area contributed by atoms with E-state index in [-0.39, 0.29) is 0 Å². The van der Waals surface area contributed by atoms with Gasteiger partial charge < -0.3 is 9.68 Å². The van der Waals surface area contributed by atoms with E-state index in [1.165, 1.54) is 19.4 Å². The molecule has 4 nitrogen and oxygen atoms in total. The minimum Gasteiger partial charge on any atom is -0.354 e. The van der Waals surface area contributed by atoms with E-state index in [4.69, 9.17) is 4.84 Å². The molecule has 0 atom stereocenters. The first kappa shape index (κ1) is 6.67. The van der Waals surface area contributed by atoms with Crippen LogP contribution in [0, 0.1) is 0 Å². The van der Waals surface area contributed by atoms with E-state index in [1.54, 1.807) is 12.2 Å². The monoisotopic (exact) mass is 141 g/mol. The van der Waals surface area contributed by atoms with Gasteiger partial charge in [-0.05, 0) is 17.4 Å². The van der Waals surface area contributed by atoms with Crippen LogP contribution >= 0.6 is 0 Å². The second-order valence-corrected chi connectivity index (χ2v) is 1.64. The van der Waals surface area contributed by atoms with Crippen LogP contribution < -0.4 is 0 Å². The minimum absolute atomic E-state index is 0.417. The average Bonchev–Trinajstić information content (AvgIpc) is 1.88. The zero-order valence-corrected chi connectivity index (χ0v) is 5.48. The fourth-order valence-corrected chi connectivity index (χ4v) is 0.474. The molecule has 0 radical (unpaired) electrons. The summed E-state index contributed by atoms with van der Waals surface area (Å²) in [5, 5.41) is 0.975. The van der Waals surface area contributed by atoms with Gasteiger partial charge in [-0.25, -0.2) is 4.79 Å². The van der Waals surface area contributed by atoms with Crippen LogP contribution in [0.15, 0.2) is 24.6 Å². The van der Waals surface area contributed by atoms with Gasteiger partial charge >= 0.3 is 5.97 Å². The number of hydrogen-bond donors (Lipinski definition) is 0. The predicted octanol–water partition coefficient (Wildman–Crippen LogP) is 0.739. The maximum absolute atomic E-state index is 10.3. The van der Waals surface area contributed by atoms with Gasteiger partial charge in [-0.15, -0.1) is 0 Å². The van der Waals surface area contributed by atoms with Crippen LogP contribution in [0.25, 0.3) is 0 Å². The number of hydroxylamine groups is 2. The summed E-state index contributed by atoms with van der Waals surface area (Å²) >= 11 is 0. The van der Waals surface area contributed by atoms with Crippen molar-refractivity contribution in [1.82, 2.24) is 5.23 Å². The summed E-state index contributed by atoms with van der Waals surface area (Å²) in [5.74, 6) is -0.417. The quantitative estimate of drug-likeness (QED) is 0.539. The molecule has 0 aromatic carbocycles. The van der Waals surface area contributed by atoms with Gasteiger partial charge in [0.2, 0.25) is 0 Å². The van der Waals surface area contributed by atoms with Crippen LogP contribution in [0.3, 0.4) is 0 Å². The second-order valence-electron chi connectivity index (χ2n) is 1.64. The van der Waals surface area contributed by atoms with Gasteiger partial charge in [-0.2, -0.15) is 0 Å². The number of carbonyl (C=O) groups is 1. The summed E-state index contributed by atoms with van der Waals surface area (Å²) in [5.41, 5.74) is 0. The van der Waals surface area contributed by atoms with Gasteiger partial charge in [0.05, 0.1) is 6.20 Å². The van der Waals surface area contributed by atoms with Crippen LogP contribution in [0.4, 0.5) is 0 Å². The Morgan fingerprint density at radius 2 is 2.40 bits per heavy atom. The van der Waals surface area contributed by atoms with E-state index in [1.807, 2.05) is 0 Å². The molecule has 0 saturated carbocycles. The lowest BCUT2D eigenvalue weighted by molar-refractivity contribution is -0.288.